The predicted molar refractivity (Wildman–Crippen MR) is 83.5 cm³/mol. The van der Waals surface area contributed by atoms with Crippen LogP contribution >= 0.6 is 0 Å². The maximum absolute atomic E-state index is 12.3. The van der Waals surface area contributed by atoms with E-state index in [1.165, 1.54) is 0 Å². The van der Waals surface area contributed by atoms with Crippen LogP contribution in [0.2, 0.25) is 0 Å². The Hall–Kier alpha value is -3.14. The van der Waals surface area contributed by atoms with Crippen LogP contribution in [0.5, 0.6) is 0 Å². The summed E-state index contributed by atoms with van der Waals surface area (Å²) in [5.74, 6) is -0.686. The Labute approximate surface area is 132 Å². The van der Waals surface area contributed by atoms with Gasteiger partial charge >= 0.3 is 0 Å². The molecule has 4 rings (SSSR count). The molecule has 3 aromatic rings. The number of carbonyl (C=O) groups is 1. The third-order valence-electron chi connectivity index (χ3n) is 4.15. The number of carbonyl (C=O) groups excluding carboxylic acids is 1. The molecule has 1 saturated heterocycles. The first-order valence-corrected chi connectivity index (χ1v) is 7.36. The number of nitriles is 1. The Bertz CT molecular complexity index is 947. The molecule has 23 heavy (non-hydrogen) atoms. The highest BCUT2D eigenvalue weighted by molar-refractivity contribution is 6.02. The maximum atomic E-state index is 12.3. The van der Waals surface area contributed by atoms with Crippen LogP contribution in [-0.4, -0.2) is 31.8 Å². The molecule has 1 fully saturated rings. The standard InChI is InChI=1S/C16H14N6O/c1-20-6-4-13(19-20)12-8-15-14(2-5-18-22(15)10-12)21-7-3-11(9-17)16(21)23/h2,4-6,8,10-11H,3,7H2,1H3. The van der Waals surface area contributed by atoms with Gasteiger partial charge in [-0.1, -0.05) is 0 Å². The summed E-state index contributed by atoms with van der Waals surface area (Å²) in [5, 5.41) is 17.7. The Kier molecular flexibility index (Phi) is 2.91. The molecular formula is C16H14N6O. The highest BCUT2D eigenvalue weighted by Gasteiger charge is 2.33. The molecule has 114 valence electrons. The van der Waals surface area contributed by atoms with Crippen LogP contribution < -0.4 is 4.90 Å². The number of amides is 1. The molecule has 0 saturated carbocycles. The summed E-state index contributed by atoms with van der Waals surface area (Å²) in [6, 6.07) is 7.79. The van der Waals surface area contributed by atoms with E-state index in [-0.39, 0.29) is 5.91 Å². The number of nitrogens with zero attached hydrogens (tertiary/aromatic N) is 6. The number of fused-ring (bicyclic) bond motifs is 1. The van der Waals surface area contributed by atoms with Gasteiger partial charge in [0.2, 0.25) is 5.91 Å². The van der Waals surface area contributed by atoms with Crippen LogP contribution in [0.1, 0.15) is 6.42 Å². The van der Waals surface area contributed by atoms with Gasteiger partial charge < -0.3 is 4.90 Å². The molecule has 7 nitrogen and oxygen atoms in total. The van der Waals surface area contributed by atoms with Crippen LogP contribution in [0.15, 0.2) is 36.8 Å². The highest BCUT2D eigenvalue weighted by atomic mass is 16.2. The average Bonchev–Trinajstić information content (AvgIpc) is 3.24. The summed E-state index contributed by atoms with van der Waals surface area (Å²) in [4.78, 5) is 14.0. The minimum absolute atomic E-state index is 0.138. The zero-order valence-electron chi connectivity index (χ0n) is 12.5. The van der Waals surface area contributed by atoms with Gasteiger partial charge in [0.25, 0.3) is 0 Å². The largest absolute Gasteiger partial charge is 0.309 e. The molecule has 1 unspecified atom stereocenters. The SMILES string of the molecule is Cn1ccc(-c2cc3c(N4CCC(C#N)C4=O)ccnn3c2)n1. The molecule has 7 heteroatoms. The molecule has 1 aliphatic rings. The van der Waals surface area contributed by atoms with Gasteiger partial charge in [-0.2, -0.15) is 15.5 Å². The first-order valence-electron chi connectivity index (χ1n) is 7.36. The van der Waals surface area contributed by atoms with E-state index in [0.717, 1.165) is 22.5 Å². The summed E-state index contributed by atoms with van der Waals surface area (Å²) in [6.45, 7) is 0.556. The molecular weight excluding hydrogens is 292 g/mol. The van der Waals surface area contributed by atoms with Crippen molar-refractivity contribution in [2.45, 2.75) is 6.42 Å². The first kappa shape index (κ1) is 13.5. The molecule has 0 N–H and O–H groups in total. The van der Waals surface area contributed by atoms with E-state index in [0.29, 0.717) is 13.0 Å². The van der Waals surface area contributed by atoms with Gasteiger partial charge in [0, 0.05) is 37.7 Å². The number of hydrogen-bond acceptors (Lipinski definition) is 4. The number of rotatable bonds is 2. The fourth-order valence-electron chi connectivity index (χ4n) is 2.98. The lowest BCUT2D eigenvalue weighted by molar-refractivity contribution is -0.118. The van der Waals surface area contributed by atoms with Crippen molar-refractivity contribution in [1.29, 1.82) is 5.26 Å². The average molecular weight is 306 g/mol. The third-order valence-corrected chi connectivity index (χ3v) is 4.15. The lowest BCUT2D eigenvalue weighted by Crippen LogP contribution is -2.27. The van der Waals surface area contributed by atoms with Gasteiger partial charge in [-0.3, -0.25) is 9.48 Å². The van der Waals surface area contributed by atoms with Crippen molar-refractivity contribution in [3.8, 4) is 17.3 Å². The Morgan fingerprint density at radius 1 is 1.39 bits per heavy atom. The van der Waals surface area contributed by atoms with E-state index >= 15 is 0 Å². The Balaban J connectivity index is 1.81. The van der Waals surface area contributed by atoms with E-state index in [1.807, 2.05) is 37.6 Å². The Morgan fingerprint density at radius 2 is 2.26 bits per heavy atom. The first-order chi connectivity index (χ1) is 11.2. The molecule has 0 aromatic carbocycles. The fraction of sp³-hybridized carbons (Fsp3) is 0.250. The predicted octanol–water partition coefficient (Wildman–Crippen LogP) is 1.61. The van der Waals surface area contributed by atoms with Gasteiger partial charge in [0.05, 0.1) is 23.0 Å². The topological polar surface area (TPSA) is 79.2 Å². The minimum atomic E-state index is -0.548. The zero-order chi connectivity index (χ0) is 16.0. The second kappa shape index (κ2) is 4.95. The number of hydrogen-bond donors (Lipinski definition) is 0. The summed E-state index contributed by atoms with van der Waals surface area (Å²) < 4.78 is 3.49. The number of aromatic nitrogens is 4. The summed E-state index contributed by atoms with van der Waals surface area (Å²) in [6.07, 6.45) is 6.01. The van der Waals surface area contributed by atoms with Crippen LogP contribution in [0, 0.1) is 17.2 Å². The normalized spacial score (nSPS) is 17.8. The van der Waals surface area contributed by atoms with Crippen molar-refractivity contribution in [3.05, 3.63) is 36.8 Å². The smallest absolute Gasteiger partial charge is 0.244 e. The summed E-state index contributed by atoms with van der Waals surface area (Å²) in [7, 11) is 1.87. The van der Waals surface area contributed by atoms with E-state index in [9.17, 15) is 4.79 Å². The van der Waals surface area contributed by atoms with Crippen LogP contribution in [0.3, 0.4) is 0 Å². The molecule has 1 atom stereocenters. The van der Waals surface area contributed by atoms with Gasteiger partial charge in [0.1, 0.15) is 5.92 Å². The molecule has 1 amide bonds. The van der Waals surface area contributed by atoms with Crippen molar-refractivity contribution in [1.82, 2.24) is 19.4 Å². The summed E-state index contributed by atoms with van der Waals surface area (Å²) in [5.41, 5.74) is 3.41. The maximum Gasteiger partial charge on any atom is 0.244 e. The number of anilines is 1. The lowest BCUT2D eigenvalue weighted by Gasteiger charge is -2.16. The van der Waals surface area contributed by atoms with Gasteiger partial charge in [-0.25, -0.2) is 4.52 Å². The quantitative estimate of drug-likeness (QED) is 0.720. The van der Waals surface area contributed by atoms with Gasteiger partial charge in [-0.05, 0) is 24.6 Å². The molecule has 0 bridgehead atoms. The van der Waals surface area contributed by atoms with E-state index in [2.05, 4.69) is 16.3 Å². The lowest BCUT2D eigenvalue weighted by atomic mass is 10.1. The van der Waals surface area contributed by atoms with Crippen LogP contribution in [0.4, 0.5) is 5.69 Å². The minimum Gasteiger partial charge on any atom is -0.309 e. The molecule has 0 spiro atoms. The van der Waals surface area contributed by atoms with Crippen molar-refractivity contribution in [3.63, 3.8) is 0 Å². The van der Waals surface area contributed by atoms with Crippen LogP contribution in [0.25, 0.3) is 16.8 Å². The van der Waals surface area contributed by atoms with Gasteiger partial charge in [-0.15, -0.1) is 0 Å². The van der Waals surface area contributed by atoms with Crippen molar-refractivity contribution >= 4 is 17.1 Å². The van der Waals surface area contributed by atoms with Crippen molar-refractivity contribution < 1.29 is 4.79 Å². The highest BCUT2D eigenvalue weighted by Crippen LogP contribution is 2.31. The second-order valence-electron chi connectivity index (χ2n) is 5.61. The van der Waals surface area contributed by atoms with E-state index in [1.54, 1.807) is 20.3 Å². The fourth-order valence-corrected chi connectivity index (χ4v) is 2.98. The van der Waals surface area contributed by atoms with E-state index in [4.69, 9.17) is 5.26 Å². The number of aryl methyl sites for hydroxylation is 1. The molecule has 1 aliphatic heterocycles. The van der Waals surface area contributed by atoms with Crippen molar-refractivity contribution in [2.24, 2.45) is 13.0 Å². The molecule has 3 aromatic heterocycles. The monoisotopic (exact) mass is 306 g/mol. The van der Waals surface area contributed by atoms with Gasteiger partial charge in [0.15, 0.2) is 0 Å². The van der Waals surface area contributed by atoms with Crippen LogP contribution in [-0.2, 0) is 11.8 Å². The third kappa shape index (κ3) is 2.07. The second-order valence-corrected chi connectivity index (χ2v) is 5.61. The van der Waals surface area contributed by atoms with E-state index < -0.39 is 5.92 Å². The zero-order valence-corrected chi connectivity index (χ0v) is 12.5. The molecule has 0 aliphatic carbocycles. The Morgan fingerprint density at radius 3 is 2.96 bits per heavy atom. The molecule has 0 radical (unpaired) electrons. The summed E-state index contributed by atoms with van der Waals surface area (Å²) >= 11 is 0. The van der Waals surface area contributed by atoms with Crippen molar-refractivity contribution in [2.75, 3.05) is 11.4 Å². The molecule has 4 heterocycles.